The van der Waals surface area contributed by atoms with Gasteiger partial charge in [-0.1, -0.05) is 60.7 Å². The molecule has 2 aromatic carbocycles. The average Bonchev–Trinajstić information content (AvgIpc) is 3.32. The Morgan fingerprint density at radius 1 is 1.00 bits per heavy atom. The topological polar surface area (TPSA) is 80.6 Å². The molecule has 0 aliphatic carbocycles. The van der Waals surface area contributed by atoms with Crippen LogP contribution in [0.15, 0.2) is 78.2 Å². The van der Waals surface area contributed by atoms with Crippen LogP contribution in [0, 0.1) is 6.92 Å². The van der Waals surface area contributed by atoms with Crippen molar-refractivity contribution in [2.45, 2.75) is 18.4 Å². The minimum atomic E-state index is -3.87. The molecule has 0 atom stereocenters. The summed E-state index contributed by atoms with van der Waals surface area (Å²) in [7, 11) is -3.87. The Labute approximate surface area is 157 Å². The van der Waals surface area contributed by atoms with E-state index in [1.54, 1.807) is 0 Å². The molecule has 0 aliphatic rings. The highest BCUT2D eigenvalue weighted by molar-refractivity contribution is 7.90. The Morgan fingerprint density at radius 2 is 1.67 bits per heavy atom. The summed E-state index contributed by atoms with van der Waals surface area (Å²) in [4.78, 5) is 11.2. The van der Waals surface area contributed by atoms with E-state index in [0.717, 1.165) is 11.1 Å². The molecule has 0 aliphatic heterocycles. The molecule has 0 saturated heterocycles. The summed E-state index contributed by atoms with van der Waals surface area (Å²) in [5.74, 6) is 0.465. The van der Waals surface area contributed by atoms with Crippen molar-refractivity contribution in [3.05, 3.63) is 90.3 Å². The van der Waals surface area contributed by atoms with Crippen LogP contribution >= 0.6 is 0 Å². The van der Waals surface area contributed by atoms with Gasteiger partial charge in [0, 0.05) is 12.0 Å². The van der Waals surface area contributed by atoms with Gasteiger partial charge in [-0.05, 0) is 12.5 Å². The molecule has 0 bridgehead atoms. The first-order valence-electron chi connectivity index (χ1n) is 8.49. The molecule has 0 fully saturated rings. The average molecular weight is 378 g/mol. The summed E-state index contributed by atoms with van der Waals surface area (Å²) in [6, 6.07) is 19.1. The molecule has 27 heavy (non-hydrogen) atoms. The van der Waals surface area contributed by atoms with Crippen molar-refractivity contribution >= 4 is 10.0 Å². The molecule has 0 amide bonds. The van der Waals surface area contributed by atoms with Crippen LogP contribution in [0.3, 0.4) is 0 Å². The number of aryl methyl sites for hydroxylation is 1. The molecule has 1 N–H and O–H groups in total. The molecule has 0 unspecified atom stereocenters. The molecule has 4 aromatic rings. The number of nitrogens with zero attached hydrogens (tertiary/aromatic N) is 3. The summed E-state index contributed by atoms with van der Waals surface area (Å²) >= 11 is 0. The minimum absolute atomic E-state index is 0.0337. The van der Waals surface area contributed by atoms with Crippen LogP contribution in [-0.4, -0.2) is 27.3 Å². The molecule has 0 saturated carbocycles. The van der Waals surface area contributed by atoms with E-state index in [-0.39, 0.29) is 5.03 Å². The summed E-state index contributed by atoms with van der Waals surface area (Å²) in [6.07, 6.45) is 3.07. The molecular formula is C20H18N4O2S. The summed E-state index contributed by atoms with van der Waals surface area (Å²) in [5, 5.41) is 0.0337. The van der Waals surface area contributed by atoms with Crippen LogP contribution in [0.1, 0.15) is 17.1 Å². The maximum atomic E-state index is 13.4. The van der Waals surface area contributed by atoms with Gasteiger partial charge in [-0.3, -0.25) is 0 Å². The van der Waals surface area contributed by atoms with Crippen LogP contribution in [0.4, 0.5) is 0 Å². The molecule has 0 spiro atoms. The van der Waals surface area contributed by atoms with E-state index in [1.807, 2.05) is 67.6 Å². The predicted molar refractivity (Wildman–Crippen MR) is 103 cm³/mol. The quantitative estimate of drug-likeness (QED) is 0.577. The Bertz CT molecular complexity index is 1150. The van der Waals surface area contributed by atoms with Gasteiger partial charge in [0.15, 0.2) is 5.03 Å². The second-order valence-electron chi connectivity index (χ2n) is 6.18. The number of hydrogen-bond donors (Lipinski definition) is 1. The van der Waals surface area contributed by atoms with Crippen molar-refractivity contribution in [3.63, 3.8) is 0 Å². The fourth-order valence-electron chi connectivity index (χ4n) is 3.12. The van der Waals surface area contributed by atoms with Crippen molar-refractivity contribution in [2.24, 2.45) is 0 Å². The van der Waals surface area contributed by atoms with Crippen molar-refractivity contribution < 1.29 is 8.42 Å². The lowest BCUT2D eigenvalue weighted by Crippen LogP contribution is -2.18. The van der Waals surface area contributed by atoms with E-state index in [2.05, 4.69) is 15.0 Å². The van der Waals surface area contributed by atoms with Gasteiger partial charge in [-0.25, -0.2) is 13.9 Å². The molecule has 2 heterocycles. The number of hydrogen-bond acceptors (Lipinski definition) is 4. The number of H-pyrrole nitrogens is 1. The molecular weight excluding hydrogens is 360 g/mol. The van der Waals surface area contributed by atoms with Crippen LogP contribution in [0.25, 0.3) is 11.3 Å². The number of benzene rings is 2. The maximum absolute atomic E-state index is 13.4. The van der Waals surface area contributed by atoms with Crippen molar-refractivity contribution in [1.29, 1.82) is 0 Å². The van der Waals surface area contributed by atoms with E-state index >= 15 is 0 Å². The zero-order valence-electron chi connectivity index (χ0n) is 14.7. The fourth-order valence-corrected chi connectivity index (χ4v) is 4.57. The van der Waals surface area contributed by atoms with E-state index < -0.39 is 10.0 Å². The summed E-state index contributed by atoms with van der Waals surface area (Å²) < 4.78 is 28.1. The summed E-state index contributed by atoms with van der Waals surface area (Å²) in [6.45, 7) is 1.83. The van der Waals surface area contributed by atoms with Crippen LogP contribution in [0.5, 0.6) is 0 Å². The van der Waals surface area contributed by atoms with Crippen LogP contribution in [-0.2, 0) is 16.4 Å². The maximum Gasteiger partial charge on any atom is 0.286 e. The van der Waals surface area contributed by atoms with E-state index in [0.29, 0.717) is 23.6 Å². The molecule has 7 heteroatoms. The standard InChI is InChI=1S/C20H18N4O2S/c1-15-20(17-10-6-3-7-11-17)24(27(25,26)19-13-21-14-22-19)18(23-15)12-16-8-4-2-5-9-16/h2-11,13-14H,12H2,1H3,(H,21,22). The predicted octanol–water partition coefficient (Wildman–Crippen LogP) is 3.41. The number of rotatable bonds is 5. The zero-order chi connectivity index (χ0) is 18.9. The number of aromatic nitrogens is 4. The number of imidazole rings is 2. The first-order valence-corrected chi connectivity index (χ1v) is 9.93. The van der Waals surface area contributed by atoms with Crippen molar-refractivity contribution in [2.75, 3.05) is 0 Å². The van der Waals surface area contributed by atoms with E-state index in [1.165, 1.54) is 16.5 Å². The van der Waals surface area contributed by atoms with Crippen LogP contribution in [0.2, 0.25) is 0 Å². The van der Waals surface area contributed by atoms with Gasteiger partial charge in [0.05, 0.1) is 23.9 Å². The molecule has 2 aromatic heterocycles. The third kappa shape index (κ3) is 3.17. The normalized spacial score (nSPS) is 11.6. The second-order valence-corrected chi connectivity index (χ2v) is 7.93. The lowest BCUT2D eigenvalue weighted by molar-refractivity contribution is 0.582. The molecule has 6 nitrogen and oxygen atoms in total. The molecule has 0 radical (unpaired) electrons. The monoisotopic (exact) mass is 378 g/mol. The van der Waals surface area contributed by atoms with Gasteiger partial charge in [0.25, 0.3) is 10.0 Å². The Balaban J connectivity index is 1.95. The smallest absolute Gasteiger partial charge is 0.286 e. The highest BCUT2D eigenvalue weighted by atomic mass is 32.2. The lowest BCUT2D eigenvalue weighted by Gasteiger charge is -2.12. The lowest BCUT2D eigenvalue weighted by atomic mass is 10.1. The minimum Gasteiger partial charge on any atom is -0.334 e. The van der Waals surface area contributed by atoms with Gasteiger partial charge >= 0.3 is 0 Å². The van der Waals surface area contributed by atoms with Crippen molar-refractivity contribution in [1.82, 2.24) is 18.9 Å². The highest BCUT2D eigenvalue weighted by Crippen LogP contribution is 2.29. The van der Waals surface area contributed by atoms with Crippen LogP contribution < -0.4 is 0 Å². The SMILES string of the molecule is Cc1nc(Cc2ccccc2)n(S(=O)(=O)c2cnc[nH]2)c1-c1ccccc1. The second kappa shape index (κ2) is 6.85. The zero-order valence-corrected chi connectivity index (χ0v) is 15.5. The first kappa shape index (κ1) is 17.2. The van der Waals surface area contributed by atoms with E-state index in [9.17, 15) is 8.42 Å². The van der Waals surface area contributed by atoms with E-state index in [4.69, 9.17) is 0 Å². The van der Waals surface area contributed by atoms with Gasteiger partial charge in [0.1, 0.15) is 5.82 Å². The highest BCUT2D eigenvalue weighted by Gasteiger charge is 2.28. The molecule has 4 rings (SSSR count). The molecule has 136 valence electrons. The summed E-state index contributed by atoms with van der Waals surface area (Å²) in [5.41, 5.74) is 3.01. The third-order valence-electron chi connectivity index (χ3n) is 4.32. The van der Waals surface area contributed by atoms with Gasteiger partial charge in [-0.2, -0.15) is 8.42 Å². The largest absolute Gasteiger partial charge is 0.334 e. The Morgan fingerprint density at radius 3 is 2.30 bits per heavy atom. The number of nitrogens with one attached hydrogen (secondary N) is 1. The Hall–Kier alpha value is -3.19. The van der Waals surface area contributed by atoms with Gasteiger partial charge in [-0.15, -0.1) is 0 Å². The Kier molecular flexibility index (Phi) is 4.37. The van der Waals surface area contributed by atoms with Gasteiger partial charge in [0.2, 0.25) is 0 Å². The first-order chi connectivity index (χ1) is 13.1. The van der Waals surface area contributed by atoms with Gasteiger partial charge < -0.3 is 4.98 Å². The van der Waals surface area contributed by atoms with Crippen molar-refractivity contribution in [3.8, 4) is 11.3 Å². The number of aromatic amines is 1. The third-order valence-corrected chi connectivity index (χ3v) is 5.97. The fraction of sp³-hybridized carbons (Fsp3) is 0.100.